The summed E-state index contributed by atoms with van der Waals surface area (Å²) in [6, 6.07) is 20.6. The maximum atomic E-state index is 11.1. The van der Waals surface area contributed by atoms with Crippen LogP contribution in [-0.2, 0) is 13.2 Å². The van der Waals surface area contributed by atoms with E-state index in [1.54, 1.807) is 14.2 Å². The van der Waals surface area contributed by atoms with Crippen LogP contribution < -0.4 is 24.3 Å². The van der Waals surface area contributed by atoms with Gasteiger partial charge in [-0.05, 0) is 60.5 Å². The van der Waals surface area contributed by atoms with Crippen molar-refractivity contribution < 1.29 is 33.4 Å². The normalized spacial score (nSPS) is 14.8. The number of carboxylic acid groups (broad SMARTS) is 1. The van der Waals surface area contributed by atoms with Gasteiger partial charge in [-0.25, -0.2) is 4.79 Å². The lowest BCUT2D eigenvalue weighted by Gasteiger charge is -2.19. The van der Waals surface area contributed by atoms with E-state index in [1.165, 1.54) is 6.07 Å². The number of methoxy groups -OCH3 is 2. The summed E-state index contributed by atoms with van der Waals surface area (Å²) in [6.07, 6.45) is 0.885. The molecule has 43 heavy (non-hydrogen) atoms. The van der Waals surface area contributed by atoms with Crippen LogP contribution >= 0.6 is 11.6 Å². The molecule has 1 aromatic heterocycles. The van der Waals surface area contributed by atoms with Crippen LogP contribution in [0.3, 0.4) is 0 Å². The Kier molecular flexibility index (Phi) is 9.91. The highest BCUT2D eigenvalue weighted by molar-refractivity contribution is 6.35. The van der Waals surface area contributed by atoms with Crippen LogP contribution in [0.2, 0.25) is 5.02 Å². The molecule has 0 aliphatic carbocycles. The molecule has 226 valence electrons. The summed E-state index contributed by atoms with van der Waals surface area (Å²) in [5.41, 5.74) is 3.36. The van der Waals surface area contributed by atoms with Crippen molar-refractivity contribution in [3.05, 3.63) is 94.3 Å². The number of halogens is 1. The Morgan fingerprint density at radius 1 is 1.00 bits per heavy atom. The number of nitrogens with zero attached hydrogens (tertiary/aromatic N) is 2. The van der Waals surface area contributed by atoms with Gasteiger partial charge in [-0.2, -0.15) is 0 Å². The molecule has 1 saturated heterocycles. The Labute approximate surface area is 255 Å². The molecule has 0 unspecified atom stereocenters. The first-order valence-electron chi connectivity index (χ1n) is 13.9. The van der Waals surface area contributed by atoms with Gasteiger partial charge in [0.2, 0.25) is 5.76 Å². The first kappa shape index (κ1) is 30.1. The summed E-state index contributed by atoms with van der Waals surface area (Å²) in [5, 5.41) is 16.9. The zero-order valence-electron chi connectivity index (χ0n) is 24.0. The van der Waals surface area contributed by atoms with Gasteiger partial charge < -0.3 is 38.8 Å². The van der Waals surface area contributed by atoms with Crippen molar-refractivity contribution in [2.45, 2.75) is 25.6 Å². The van der Waals surface area contributed by atoms with Crippen LogP contribution in [0, 0.1) is 0 Å². The molecule has 0 radical (unpaired) electrons. The van der Waals surface area contributed by atoms with Gasteiger partial charge in [-0.1, -0.05) is 41.0 Å². The molecule has 2 N–H and O–H groups in total. The SMILES string of the molecule is COc1ccc(COc2ccc(NCCN3CC[C@@H](c4cc(C(=O)O)on4)C3)c(Cl)c2OCc2ccc(OC)cc2)cc1. The van der Waals surface area contributed by atoms with Gasteiger partial charge in [0.1, 0.15) is 29.7 Å². The number of likely N-dealkylation sites (tertiary alicyclic amines) is 1. The van der Waals surface area contributed by atoms with Crippen LogP contribution in [0.5, 0.6) is 23.0 Å². The third-order valence-corrected chi connectivity index (χ3v) is 7.71. The molecule has 10 nitrogen and oxygen atoms in total. The molecule has 4 aromatic rings. The Morgan fingerprint density at radius 2 is 1.65 bits per heavy atom. The van der Waals surface area contributed by atoms with Crippen molar-refractivity contribution in [2.75, 3.05) is 45.7 Å². The molecule has 5 rings (SSSR count). The van der Waals surface area contributed by atoms with E-state index in [0.29, 0.717) is 42.0 Å². The Bertz CT molecular complexity index is 1510. The fourth-order valence-electron chi connectivity index (χ4n) is 4.89. The minimum atomic E-state index is -1.11. The molecule has 1 atom stereocenters. The van der Waals surface area contributed by atoms with Crippen LogP contribution in [0.25, 0.3) is 0 Å². The number of carbonyl (C=O) groups is 1. The van der Waals surface area contributed by atoms with E-state index >= 15 is 0 Å². The molecule has 3 aromatic carbocycles. The molecule has 1 aliphatic rings. The van der Waals surface area contributed by atoms with Gasteiger partial charge in [0, 0.05) is 31.6 Å². The van der Waals surface area contributed by atoms with E-state index in [9.17, 15) is 4.79 Å². The predicted octanol–water partition coefficient (Wildman–Crippen LogP) is 6.10. The summed E-state index contributed by atoms with van der Waals surface area (Å²) in [5.74, 6) is 1.44. The predicted molar refractivity (Wildman–Crippen MR) is 162 cm³/mol. The number of benzene rings is 3. The fourth-order valence-corrected chi connectivity index (χ4v) is 5.17. The number of hydrogen-bond acceptors (Lipinski definition) is 9. The highest BCUT2D eigenvalue weighted by Crippen LogP contribution is 2.41. The summed E-state index contributed by atoms with van der Waals surface area (Å²) in [7, 11) is 3.26. The van der Waals surface area contributed by atoms with E-state index in [0.717, 1.165) is 54.4 Å². The molecule has 2 heterocycles. The van der Waals surface area contributed by atoms with E-state index in [4.69, 9.17) is 40.2 Å². The van der Waals surface area contributed by atoms with Crippen molar-refractivity contribution in [3.8, 4) is 23.0 Å². The van der Waals surface area contributed by atoms with Crippen LogP contribution in [-0.4, -0.2) is 61.5 Å². The molecule has 11 heteroatoms. The number of rotatable bonds is 14. The van der Waals surface area contributed by atoms with Gasteiger partial charge in [0.05, 0.1) is 25.6 Å². The lowest BCUT2D eigenvalue weighted by atomic mass is 10.1. The summed E-state index contributed by atoms with van der Waals surface area (Å²) in [4.78, 5) is 13.4. The minimum absolute atomic E-state index is 0.133. The van der Waals surface area contributed by atoms with Crippen molar-refractivity contribution in [3.63, 3.8) is 0 Å². The van der Waals surface area contributed by atoms with Gasteiger partial charge in [-0.3, -0.25) is 0 Å². The van der Waals surface area contributed by atoms with Crippen molar-refractivity contribution in [1.29, 1.82) is 0 Å². The number of aromatic nitrogens is 1. The van der Waals surface area contributed by atoms with Crippen LogP contribution in [0.1, 0.15) is 39.7 Å². The molecule has 0 bridgehead atoms. The van der Waals surface area contributed by atoms with Crippen molar-refractivity contribution in [2.24, 2.45) is 0 Å². The molecule has 1 aliphatic heterocycles. The van der Waals surface area contributed by atoms with Crippen LogP contribution in [0.15, 0.2) is 71.3 Å². The standard InChI is InChI=1S/C32H34ClN3O7/c1-39-24-7-3-21(4-8-24)19-41-28-12-11-26(30(33)31(28)42-20-22-5-9-25(40-2)10-6-22)34-14-16-36-15-13-23(18-36)27-17-29(32(37)38)43-35-27/h3-12,17,23,34H,13-16,18-20H2,1-2H3,(H,37,38)/t23-/m1/s1. The van der Waals surface area contributed by atoms with E-state index < -0.39 is 5.97 Å². The summed E-state index contributed by atoms with van der Waals surface area (Å²) < 4.78 is 27.8. The second kappa shape index (κ2) is 14.2. The highest BCUT2D eigenvalue weighted by atomic mass is 35.5. The Balaban J connectivity index is 1.23. The average molecular weight is 608 g/mol. The zero-order chi connectivity index (χ0) is 30.2. The monoisotopic (exact) mass is 607 g/mol. The largest absolute Gasteiger partial charge is 0.497 e. The maximum Gasteiger partial charge on any atom is 0.374 e. The second-order valence-electron chi connectivity index (χ2n) is 10.2. The van der Waals surface area contributed by atoms with E-state index in [2.05, 4.69) is 15.4 Å². The topological polar surface area (TPSA) is 116 Å². The first-order chi connectivity index (χ1) is 20.9. The van der Waals surface area contributed by atoms with E-state index in [-0.39, 0.29) is 11.7 Å². The first-order valence-corrected chi connectivity index (χ1v) is 14.3. The van der Waals surface area contributed by atoms with Gasteiger partial charge in [0.25, 0.3) is 0 Å². The maximum absolute atomic E-state index is 11.1. The van der Waals surface area contributed by atoms with Crippen molar-refractivity contribution in [1.82, 2.24) is 10.1 Å². The quantitative estimate of drug-likeness (QED) is 0.174. The van der Waals surface area contributed by atoms with Crippen molar-refractivity contribution >= 4 is 23.3 Å². The molecular formula is C32H34ClN3O7. The average Bonchev–Trinajstić information content (AvgIpc) is 3.71. The number of aromatic carboxylic acids is 1. The minimum Gasteiger partial charge on any atom is -0.497 e. The van der Waals surface area contributed by atoms with Crippen LogP contribution in [0.4, 0.5) is 5.69 Å². The summed E-state index contributed by atoms with van der Waals surface area (Å²) in [6.45, 7) is 3.71. The van der Waals surface area contributed by atoms with Gasteiger partial charge in [-0.15, -0.1) is 0 Å². The molecule has 0 saturated carbocycles. The summed E-state index contributed by atoms with van der Waals surface area (Å²) >= 11 is 6.89. The van der Waals surface area contributed by atoms with Gasteiger partial charge >= 0.3 is 5.97 Å². The third kappa shape index (κ3) is 7.71. The van der Waals surface area contributed by atoms with Gasteiger partial charge in [0.15, 0.2) is 11.5 Å². The second-order valence-corrected chi connectivity index (χ2v) is 10.5. The third-order valence-electron chi connectivity index (χ3n) is 7.33. The molecule has 0 amide bonds. The number of nitrogens with one attached hydrogen (secondary N) is 1. The lowest BCUT2D eigenvalue weighted by molar-refractivity contribution is 0.0652. The molecule has 1 fully saturated rings. The zero-order valence-corrected chi connectivity index (χ0v) is 24.8. The number of anilines is 1. The lowest BCUT2D eigenvalue weighted by Crippen LogP contribution is -2.26. The Morgan fingerprint density at radius 3 is 2.26 bits per heavy atom. The molecule has 0 spiro atoms. The highest BCUT2D eigenvalue weighted by Gasteiger charge is 2.27. The number of ether oxygens (including phenoxy) is 4. The smallest absolute Gasteiger partial charge is 0.374 e. The Hall–Kier alpha value is -4.41. The van der Waals surface area contributed by atoms with E-state index in [1.807, 2.05) is 60.7 Å². The fraction of sp³-hybridized carbons (Fsp3) is 0.312. The molecular weight excluding hydrogens is 574 g/mol. The number of hydrogen-bond donors (Lipinski definition) is 2. The number of carboxylic acids is 1.